The van der Waals surface area contributed by atoms with Gasteiger partial charge in [0, 0.05) is 18.7 Å². The molecule has 1 fully saturated rings. The molecule has 3 aromatic rings. The van der Waals surface area contributed by atoms with E-state index in [1.54, 1.807) is 29.6 Å². The summed E-state index contributed by atoms with van der Waals surface area (Å²) in [6.07, 6.45) is 2.04. The molecular formula is C20H20FN3O3S2. The van der Waals surface area contributed by atoms with Gasteiger partial charge in [0.05, 0.1) is 23.9 Å². The van der Waals surface area contributed by atoms with Crippen molar-refractivity contribution < 1.29 is 13.9 Å². The van der Waals surface area contributed by atoms with E-state index in [0.717, 1.165) is 19.4 Å². The average Bonchev–Trinajstić information content (AvgIpc) is 3.40. The normalized spacial score (nSPS) is 16.4. The Balaban J connectivity index is 1.53. The van der Waals surface area contributed by atoms with Crippen molar-refractivity contribution in [3.8, 4) is 0 Å². The van der Waals surface area contributed by atoms with Gasteiger partial charge >= 0.3 is 0 Å². The zero-order chi connectivity index (χ0) is 20.2. The maximum absolute atomic E-state index is 14.1. The van der Waals surface area contributed by atoms with Crippen LogP contribution in [-0.4, -0.2) is 40.5 Å². The average molecular weight is 434 g/mol. The Morgan fingerprint density at radius 1 is 1.38 bits per heavy atom. The number of halogens is 1. The number of hydrogen-bond donors (Lipinski definition) is 1. The molecule has 1 atom stereocenters. The van der Waals surface area contributed by atoms with Crippen LogP contribution in [0.4, 0.5) is 4.39 Å². The number of ether oxygens (including phenoxy) is 1. The van der Waals surface area contributed by atoms with Gasteiger partial charge in [0.1, 0.15) is 10.5 Å². The molecule has 29 heavy (non-hydrogen) atoms. The number of aromatic nitrogens is 2. The highest BCUT2D eigenvalue weighted by atomic mass is 32.2. The van der Waals surface area contributed by atoms with Crippen LogP contribution in [0.1, 0.15) is 18.4 Å². The van der Waals surface area contributed by atoms with Gasteiger partial charge in [0.2, 0.25) is 5.91 Å². The topological polar surface area (TPSA) is 73.2 Å². The molecule has 4 rings (SSSR count). The van der Waals surface area contributed by atoms with Crippen molar-refractivity contribution in [2.45, 2.75) is 30.6 Å². The van der Waals surface area contributed by atoms with Crippen molar-refractivity contribution in [2.24, 2.45) is 0 Å². The van der Waals surface area contributed by atoms with Gasteiger partial charge in [-0.2, -0.15) is 0 Å². The lowest BCUT2D eigenvalue weighted by atomic mass is 10.2. The molecule has 6 nitrogen and oxygen atoms in total. The molecule has 0 radical (unpaired) electrons. The molecule has 1 saturated heterocycles. The number of thiophene rings is 1. The minimum atomic E-state index is -0.379. The number of benzene rings is 1. The first-order valence-electron chi connectivity index (χ1n) is 9.34. The maximum atomic E-state index is 14.1. The Kier molecular flexibility index (Phi) is 6.27. The van der Waals surface area contributed by atoms with Crippen LogP contribution in [0.5, 0.6) is 0 Å². The fourth-order valence-corrected chi connectivity index (χ4v) is 4.79. The quantitative estimate of drug-likeness (QED) is 0.458. The highest BCUT2D eigenvalue weighted by molar-refractivity contribution is 7.99. The van der Waals surface area contributed by atoms with Crippen LogP contribution in [0, 0.1) is 5.82 Å². The molecular weight excluding hydrogens is 413 g/mol. The molecule has 152 valence electrons. The Morgan fingerprint density at radius 2 is 2.24 bits per heavy atom. The van der Waals surface area contributed by atoms with Crippen molar-refractivity contribution in [1.29, 1.82) is 0 Å². The van der Waals surface area contributed by atoms with Crippen LogP contribution < -0.4 is 10.9 Å². The third-order valence-electron chi connectivity index (χ3n) is 4.70. The second kappa shape index (κ2) is 9.06. The molecule has 0 aliphatic carbocycles. The summed E-state index contributed by atoms with van der Waals surface area (Å²) < 4.78 is 21.6. The molecule has 1 N–H and O–H groups in total. The van der Waals surface area contributed by atoms with Crippen LogP contribution in [0.2, 0.25) is 0 Å². The summed E-state index contributed by atoms with van der Waals surface area (Å²) in [7, 11) is 0. The molecule has 9 heteroatoms. The lowest BCUT2D eigenvalue weighted by Crippen LogP contribution is -2.33. The first-order valence-corrected chi connectivity index (χ1v) is 11.2. The summed E-state index contributed by atoms with van der Waals surface area (Å²) in [5, 5.41) is 5.06. The summed E-state index contributed by atoms with van der Waals surface area (Å²) >= 11 is 2.48. The van der Waals surface area contributed by atoms with Crippen LogP contribution in [0.15, 0.2) is 45.7 Å². The molecule has 0 spiro atoms. The standard InChI is InChI=1S/C20H20FN3O3S2/c21-15-6-2-1-4-13(15)11-24-19(26)18-16(7-9-28-18)23-20(24)29-12-17(25)22-10-14-5-3-8-27-14/h1-2,4,6-7,9,14H,3,5,8,10-12H2,(H,22,25)/t14-/m1/s1. The van der Waals surface area contributed by atoms with Gasteiger partial charge in [-0.3, -0.25) is 14.2 Å². The third kappa shape index (κ3) is 4.68. The number of amides is 1. The molecule has 3 heterocycles. The number of thioether (sulfide) groups is 1. The summed E-state index contributed by atoms with van der Waals surface area (Å²) in [4.78, 5) is 29.7. The van der Waals surface area contributed by atoms with E-state index >= 15 is 0 Å². The van der Waals surface area contributed by atoms with Crippen LogP contribution in [0.3, 0.4) is 0 Å². The van der Waals surface area contributed by atoms with E-state index in [1.165, 1.54) is 33.7 Å². The number of carbonyl (C=O) groups excluding carboxylic acids is 1. The molecule has 0 saturated carbocycles. The largest absolute Gasteiger partial charge is 0.376 e. The second-order valence-electron chi connectivity index (χ2n) is 6.74. The van der Waals surface area contributed by atoms with Gasteiger partial charge in [0.25, 0.3) is 5.56 Å². The smallest absolute Gasteiger partial charge is 0.272 e. The Hall–Kier alpha value is -2.23. The lowest BCUT2D eigenvalue weighted by Gasteiger charge is -2.13. The Bertz CT molecular complexity index is 1080. The van der Waals surface area contributed by atoms with Crippen molar-refractivity contribution >= 4 is 39.2 Å². The highest BCUT2D eigenvalue weighted by Gasteiger charge is 2.18. The van der Waals surface area contributed by atoms with Gasteiger partial charge < -0.3 is 10.1 Å². The second-order valence-corrected chi connectivity index (χ2v) is 8.60. The predicted octanol–water partition coefficient (Wildman–Crippen LogP) is 3.03. The van der Waals surface area contributed by atoms with E-state index in [4.69, 9.17) is 4.74 Å². The fraction of sp³-hybridized carbons (Fsp3) is 0.350. The number of carbonyl (C=O) groups is 1. The van der Waals surface area contributed by atoms with Crippen LogP contribution in [-0.2, 0) is 16.1 Å². The number of hydrogen-bond acceptors (Lipinski definition) is 6. The molecule has 1 amide bonds. The number of nitrogens with one attached hydrogen (secondary N) is 1. The van der Waals surface area contributed by atoms with Gasteiger partial charge in [-0.25, -0.2) is 9.37 Å². The molecule has 1 aliphatic rings. The zero-order valence-electron chi connectivity index (χ0n) is 15.6. The predicted molar refractivity (Wildman–Crippen MR) is 112 cm³/mol. The fourth-order valence-electron chi connectivity index (χ4n) is 3.18. The molecule has 0 unspecified atom stereocenters. The van der Waals surface area contributed by atoms with E-state index in [-0.39, 0.29) is 35.7 Å². The van der Waals surface area contributed by atoms with Crippen molar-refractivity contribution in [2.75, 3.05) is 18.9 Å². The van der Waals surface area contributed by atoms with Crippen molar-refractivity contribution in [3.05, 3.63) is 57.4 Å². The van der Waals surface area contributed by atoms with Crippen molar-refractivity contribution in [3.63, 3.8) is 0 Å². The van der Waals surface area contributed by atoms with Gasteiger partial charge in [-0.05, 0) is 30.4 Å². The summed E-state index contributed by atoms with van der Waals surface area (Å²) in [5.74, 6) is -0.412. The molecule has 2 aromatic heterocycles. The lowest BCUT2D eigenvalue weighted by molar-refractivity contribution is -0.119. The maximum Gasteiger partial charge on any atom is 0.272 e. The van der Waals surface area contributed by atoms with Gasteiger partial charge in [-0.1, -0.05) is 30.0 Å². The number of rotatable bonds is 7. The first-order chi connectivity index (χ1) is 14.1. The van der Waals surface area contributed by atoms with E-state index in [0.29, 0.717) is 27.5 Å². The number of fused-ring (bicyclic) bond motifs is 1. The summed E-state index contributed by atoms with van der Waals surface area (Å²) in [6, 6.07) is 8.12. The monoisotopic (exact) mass is 433 g/mol. The third-order valence-corrected chi connectivity index (χ3v) is 6.57. The molecule has 1 aliphatic heterocycles. The Morgan fingerprint density at radius 3 is 3.03 bits per heavy atom. The number of nitrogens with zero attached hydrogens (tertiary/aromatic N) is 2. The van der Waals surface area contributed by atoms with E-state index in [2.05, 4.69) is 10.3 Å². The summed E-state index contributed by atoms with van der Waals surface area (Å²) in [5.41, 5.74) is 0.763. The first kappa shape index (κ1) is 20.1. The summed E-state index contributed by atoms with van der Waals surface area (Å²) in [6.45, 7) is 1.28. The minimum Gasteiger partial charge on any atom is -0.376 e. The highest BCUT2D eigenvalue weighted by Crippen LogP contribution is 2.22. The van der Waals surface area contributed by atoms with Crippen molar-refractivity contribution in [1.82, 2.24) is 14.9 Å². The van der Waals surface area contributed by atoms with Gasteiger partial charge in [0.15, 0.2) is 5.16 Å². The molecule has 1 aromatic carbocycles. The van der Waals surface area contributed by atoms with E-state index in [9.17, 15) is 14.0 Å². The van der Waals surface area contributed by atoms with Gasteiger partial charge in [-0.15, -0.1) is 11.3 Å². The van der Waals surface area contributed by atoms with E-state index in [1.807, 2.05) is 0 Å². The Labute approximate surface area is 175 Å². The van der Waals surface area contributed by atoms with Crippen LogP contribution >= 0.6 is 23.1 Å². The van der Waals surface area contributed by atoms with E-state index < -0.39 is 0 Å². The molecule has 0 bridgehead atoms. The minimum absolute atomic E-state index is 0.0617. The zero-order valence-corrected chi connectivity index (χ0v) is 17.2. The SMILES string of the molecule is O=C(CSc1nc2ccsc2c(=O)n1Cc1ccccc1F)NC[C@H]1CCCO1. The van der Waals surface area contributed by atoms with Crippen LogP contribution in [0.25, 0.3) is 10.2 Å².